The predicted molar refractivity (Wildman–Crippen MR) is 71.2 cm³/mol. The summed E-state index contributed by atoms with van der Waals surface area (Å²) in [7, 11) is -1.27. The van der Waals surface area contributed by atoms with Crippen LogP contribution in [0.2, 0.25) is 0 Å². The molecule has 2 N–H and O–H groups in total. The minimum Gasteiger partial charge on any atom is -0.370 e. The van der Waals surface area contributed by atoms with Gasteiger partial charge < -0.3 is 10.6 Å². The first-order chi connectivity index (χ1) is 8.25. The zero-order valence-corrected chi connectivity index (χ0v) is 11.5. The van der Waals surface area contributed by atoms with E-state index < -0.39 is 9.84 Å². The van der Waals surface area contributed by atoms with Crippen LogP contribution < -0.4 is 5.73 Å². The normalized spacial score (nSPS) is 24.2. The number of sulfone groups is 1. The lowest BCUT2D eigenvalue weighted by atomic mass is 9.92. The maximum absolute atomic E-state index is 11.4. The SMILES string of the molecule is CN1C(N)=NCC1(C)c1ccc(S(C)(=O)=O)cc1. The number of hydrogen-bond acceptors (Lipinski definition) is 5. The largest absolute Gasteiger partial charge is 0.370 e. The number of nitrogens with zero attached hydrogens (tertiary/aromatic N) is 2. The quantitative estimate of drug-likeness (QED) is 0.849. The number of benzene rings is 1. The molecule has 1 aromatic rings. The molecule has 1 atom stereocenters. The fourth-order valence-corrected chi connectivity index (χ4v) is 2.68. The summed E-state index contributed by atoms with van der Waals surface area (Å²) in [4.78, 5) is 6.45. The Morgan fingerprint density at radius 1 is 1.33 bits per heavy atom. The molecular formula is C12H17N3O2S. The van der Waals surface area contributed by atoms with E-state index in [0.717, 1.165) is 5.56 Å². The Morgan fingerprint density at radius 3 is 2.28 bits per heavy atom. The highest BCUT2D eigenvalue weighted by molar-refractivity contribution is 7.90. The van der Waals surface area contributed by atoms with E-state index in [2.05, 4.69) is 4.99 Å². The van der Waals surface area contributed by atoms with Gasteiger partial charge >= 0.3 is 0 Å². The molecule has 1 aliphatic rings. The Bertz CT molecular complexity index is 592. The lowest BCUT2D eigenvalue weighted by Crippen LogP contribution is -2.44. The van der Waals surface area contributed by atoms with Gasteiger partial charge in [0.15, 0.2) is 15.8 Å². The minimum absolute atomic E-state index is 0.305. The Kier molecular flexibility index (Phi) is 2.85. The smallest absolute Gasteiger partial charge is 0.191 e. The Morgan fingerprint density at radius 2 is 1.89 bits per heavy atom. The highest BCUT2D eigenvalue weighted by atomic mass is 32.2. The lowest BCUT2D eigenvalue weighted by Gasteiger charge is -2.33. The van der Waals surface area contributed by atoms with E-state index in [1.54, 1.807) is 12.1 Å². The van der Waals surface area contributed by atoms with E-state index in [1.165, 1.54) is 6.26 Å². The van der Waals surface area contributed by atoms with Crippen LogP contribution in [-0.4, -0.2) is 39.1 Å². The molecule has 1 aliphatic heterocycles. The molecule has 1 aromatic carbocycles. The average molecular weight is 267 g/mol. The molecule has 98 valence electrons. The first kappa shape index (κ1) is 12.9. The minimum atomic E-state index is -3.15. The van der Waals surface area contributed by atoms with Gasteiger partial charge in [0.2, 0.25) is 0 Å². The van der Waals surface area contributed by atoms with Gasteiger partial charge in [-0.25, -0.2) is 8.42 Å². The van der Waals surface area contributed by atoms with Crippen molar-refractivity contribution in [2.75, 3.05) is 19.8 Å². The van der Waals surface area contributed by atoms with Crippen molar-refractivity contribution in [3.63, 3.8) is 0 Å². The molecule has 5 nitrogen and oxygen atoms in total. The molecule has 1 unspecified atom stereocenters. The van der Waals surface area contributed by atoms with Crippen LogP contribution in [-0.2, 0) is 15.4 Å². The molecule has 0 amide bonds. The lowest BCUT2D eigenvalue weighted by molar-refractivity contribution is 0.267. The molecule has 0 aromatic heterocycles. The number of aliphatic imine (C=N–C) groups is 1. The number of rotatable bonds is 2. The Balaban J connectivity index is 2.37. The fourth-order valence-electron chi connectivity index (χ4n) is 2.05. The van der Waals surface area contributed by atoms with Gasteiger partial charge in [-0.05, 0) is 24.6 Å². The van der Waals surface area contributed by atoms with Gasteiger partial charge in [0.05, 0.1) is 17.0 Å². The second-order valence-corrected chi connectivity index (χ2v) is 6.82. The van der Waals surface area contributed by atoms with Crippen molar-refractivity contribution < 1.29 is 8.42 Å². The Hall–Kier alpha value is -1.56. The third-order valence-corrected chi connectivity index (χ3v) is 4.67. The van der Waals surface area contributed by atoms with Gasteiger partial charge in [-0.15, -0.1) is 0 Å². The van der Waals surface area contributed by atoms with Crippen LogP contribution >= 0.6 is 0 Å². The van der Waals surface area contributed by atoms with Crippen molar-refractivity contribution in [1.29, 1.82) is 0 Å². The second-order valence-electron chi connectivity index (χ2n) is 4.80. The molecule has 0 fully saturated rings. The monoisotopic (exact) mass is 267 g/mol. The maximum atomic E-state index is 11.4. The third kappa shape index (κ3) is 1.96. The first-order valence-corrected chi connectivity index (χ1v) is 7.48. The van der Waals surface area contributed by atoms with E-state index in [0.29, 0.717) is 17.4 Å². The summed E-state index contributed by atoms with van der Waals surface area (Å²) < 4.78 is 22.8. The van der Waals surface area contributed by atoms with Crippen LogP contribution in [0.4, 0.5) is 0 Å². The van der Waals surface area contributed by atoms with Crippen molar-refractivity contribution in [3.05, 3.63) is 29.8 Å². The molecule has 0 bridgehead atoms. The van der Waals surface area contributed by atoms with Gasteiger partial charge in [-0.1, -0.05) is 12.1 Å². The van der Waals surface area contributed by atoms with Crippen LogP contribution in [0.5, 0.6) is 0 Å². The molecule has 1 heterocycles. The molecule has 0 aliphatic carbocycles. The molecular weight excluding hydrogens is 250 g/mol. The van der Waals surface area contributed by atoms with Gasteiger partial charge in [0, 0.05) is 13.3 Å². The third-order valence-electron chi connectivity index (χ3n) is 3.54. The molecule has 0 spiro atoms. The molecule has 0 saturated carbocycles. The molecule has 2 rings (SSSR count). The van der Waals surface area contributed by atoms with Gasteiger partial charge in [0.1, 0.15) is 0 Å². The summed E-state index contributed by atoms with van der Waals surface area (Å²) >= 11 is 0. The topological polar surface area (TPSA) is 75.8 Å². The van der Waals surface area contributed by atoms with Crippen molar-refractivity contribution in [2.45, 2.75) is 17.4 Å². The van der Waals surface area contributed by atoms with Crippen molar-refractivity contribution in [3.8, 4) is 0 Å². The highest BCUT2D eigenvalue weighted by Gasteiger charge is 2.36. The number of hydrogen-bond donors (Lipinski definition) is 1. The number of nitrogens with two attached hydrogens (primary N) is 1. The van der Waals surface area contributed by atoms with Crippen LogP contribution in [0.3, 0.4) is 0 Å². The molecule has 18 heavy (non-hydrogen) atoms. The van der Waals surface area contributed by atoms with Crippen LogP contribution in [0.1, 0.15) is 12.5 Å². The predicted octanol–water partition coefficient (Wildman–Crippen LogP) is 0.565. The zero-order chi connectivity index (χ0) is 13.6. The summed E-state index contributed by atoms with van der Waals surface area (Å²) in [6, 6.07) is 6.89. The summed E-state index contributed by atoms with van der Waals surface area (Å²) in [5, 5.41) is 0. The Labute approximate surface area is 107 Å². The molecule has 0 radical (unpaired) electrons. The van der Waals surface area contributed by atoms with E-state index in [-0.39, 0.29) is 5.54 Å². The summed E-state index contributed by atoms with van der Waals surface area (Å²) in [6.07, 6.45) is 1.20. The highest BCUT2D eigenvalue weighted by Crippen LogP contribution is 2.31. The number of guanidine groups is 1. The number of likely N-dealkylation sites (N-methyl/N-ethyl adjacent to an activating group) is 1. The molecule has 0 saturated heterocycles. The van der Waals surface area contributed by atoms with Crippen molar-refractivity contribution in [2.24, 2.45) is 10.7 Å². The van der Waals surface area contributed by atoms with Gasteiger partial charge in [-0.3, -0.25) is 4.99 Å². The molecule has 6 heteroatoms. The van der Waals surface area contributed by atoms with Gasteiger partial charge in [0.25, 0.3) is 0 Å². The van der Waals surface area contributed by atoms with E-state index in [9.17, 15) is 8.42 Å². The maximum Gasteiger partial charge on any atom is 0.191 e. The summed E-state index contributed by atoms with van der Waals surface area (Å²) in [5.74, 6) is 0.504. The van der Waals surface area contributed by atoms with Crippen LogP contribution in [0, 0.1) is 0 Å². The van der Waals surface area contributed by atoms with E-state index >= 15 is 0 Å². The first-order valence-electron chi connectivity index (χ1n) is 5.59. The van der Waals surface area contributed by atoms with E-state index in [1.807, 2.05) is 31.0 Å². The van der Waals surface area contributed by atoms with Crippen LogP contribution in [0.25, 0.3) is 0 Å². The van der Waals surface area contributed by atoms with Gasteiger partial charge in [-0.2, -0.15) is 0 Å². The average Bonchev–Trinajstić information content (AvgIpc) is 2.58. The standard InChI is InChI=1S/C12H17N3O2S/c1-12(8-14-11(13)15(12)2)9-4-6-10(7-5-9)18(3,16)17/h4-7H,8H2,1-3H3,(H2,13,14). The fraction of sp³-hybridized carbons (Fsp3) is 0.417. The van der Waals surface area contributed by atoms with E-state index in [4.69, 9.17) is 5.73 Å². The summed E-state index contributed by atoms with van der Waals surface area (Å²) in [5.41, 5.74) is 6.47. The zero-order valence-electron chi connectivity index (χ0n) is 10.7. The second kappa shape index (κ2) is 3.98. The van der Waals surface area contributed by atoms with Crippen molar-refractivity contribution in [1.82, 2.24) is 4.90 Å². The van der Waals surface area contributed by atoms with Crippen LogP contribution in [0.15, 0.2) is 34.2 Å². The van der Waals surface area contributed by atoms with Crippen molar-refractivity contribution >= 4 is 15.8 Å². The summed E-state index contributed by atoms with van der Waals surface area (Å²) in [6.45, 7) is 2.61.